The van der Waals surface area contributed by atoms with Crippen LogP contribution in [0, 0.1) is 0 Å². The second-order valence-electron chi connectivity index (χ2n) is 3.03. The van der Waals surface area contributed by atoms with Crippen LogP contribution < -0.4 is 0 Å². The predicted octanol–water partition coefficient (Wildman–Crippen LogP) is 0.680. The van der Waals surface area contributed by atoms with Gasteiger partial charge in [-0.25, -0.2) is 9.67 Å². The zero-order valence-electron chi connectivity index (χ0n) is 7.60. The predicted molar refractivity (Wildman–Crippen MR) is 43.7 cm³/mol. The van der Waals surface area contributed by atoms with Gasteiger partial charge in [-0.2, -0.15) is 10.2 Å². The second kappa shape index (κ2) is 3.64. The molecule has 0 aliphatic rings. The highest BCUT2D eigenvalue weighted by atomic mass is 16.5. The maximum atomic E-state index is 8.98. The molecule has 0 aliphatic carbocycles. The van der Waals surface area contributed by atoms with Crippen molar-refractivity contribution in [1.82, 2.24) is 19.8 Å². The summed E-state index contributed by atoms with van der Waals surface area (Å²) < 4.78 is 1.78. The smallest absolute Gasteiger partial charge is 0.143 e. The zero-order chi connectivity index (χ0) is 9.14. The number of rotatable bonds is 3. The second-order valence-corrected chi connectivity index (χ2v) is 3.03. The van der Waals surface area contributed by atoms with Crippen LogP contribution in [0.4, 0.5) is 0 Å². The molecule has 0 aromatic carbocycles. The first-order valence-electron chi connectivity index (χ1n) is 3.89. The standard InChI is InChI=1S/C7H14N4O/c1-6(2)11-7(4-10(3)12)8-5-9-11/h5-6,12H,4H2,1-3H3. The van der Waals surface area contributed by atoms with Crippen LogP contribution in [-0.2, 0) is 6.54 Å². The molecule has 1 rings (SSSR count). The van der Waals surface area contributed by atoms with Crippen molar-refractivity contribution in [3.63, 3.8) is 0 Å². The van der Waals surface area contributed by atoms with E-state index < -0.39 is 0 Å². The van der Waals surface area contributed by atoms with Crippen molar-refractivity contribution in [2.45, 2.75) is 26.4 Å². The Bertz CT molecular complexity index is 243. The van der Waals surface area contributed by atoms with E-state index >= 15 is 0 Å². The number of hydrogen-bond acceptors (Lipinski definition) is 4. The molecular formula is C7H14N4O. The van der Waals surface area contributed by atoms with E-state index in [4.69, 9.17) is 5.21 Å². The lowest BCUT2D eigenvalue weighted by molar-refractivity contribution is -0.0760. The van der Waals surface area contributed by atoms with Gasteiger partial charge < -0.3 is 5.21 Å². The van der Waals surface area contributed by atoms with E-state index in [1.54, 1.807) is 11.7 Å². The molecule has 1 heterocycles. The van der Waals surface area contributed by atoms with Gasteiger partial charge in [0.1, 0.15) is 12.2 Å². The quantitative estimate of drug-likeness (QED) is 0.678. The zero-order valence-corrected chi connectivity index (χ0v) is 7.60. The molecule has 0 bridgehead atoms. The molecule has 0 saturated heterocycles. The van der Waals surface area contributed by atoms with E-state index in [1.807, 2.05) is 13.8 Å². The van der Waals surface area contributed by atoms with Gasteiger partial charge in [-0.05, 0) is 13.8 Å². The van der Waals surface area contributed by atoms with E-state index in [0.717, 1.165) is 10.9 Å². The van der Waals surface area contributed by atoms with Crippen LogP contribution in [0.2, 0.25) is 0 Å². The van der Waals surface area contributed by atoms with E-state index in [0.29, 0.717) is 6.54 Å². The highest BCUT2D eigenvalue weighted by Crippen LogP contribution is 2.05. The Hall–Kier alpha value is -0.940. The molecule has 1 N–H and O–H groups in total. The molecule has 68 valence electrons. The molecule has 5 heteroatoms. The number of hydrogen-bond donors (Lipinski definition) is 1. The monoisotopic (exact) mass is 170 g/mol. The molecule has 0 atom stereocenters. The fraction of sp³-hybridized carbons (Fsp3) is 0.714. The summed E-state index contributed by atoms with van der Waals surface area (Å²) in [5.74, 6) is 0.773. The van der Waals surface area contributed by atoms with Gasteiger partial charge in [0.15, 0.2) is 0 Å². The first kappa shape index (κ1) is 9.15. The minimum atomic E-state index is 0.280. The molecule has 0 saturated carbocycles. The fourth-order valence-electron chi connectivity index (χ4n) is 1.02. The molecule has 0 amide bonds. The van der Waals surface area contributed by atoms with Crippen LogP contribution in [0.3, 0.4) is 0 Å². The van der Waals surface area contributed by atoms with Crippen molar-refractivity contribution in [2.75, 3.05) is 7.05 Å². The van der Waals surface area contributed by atoms with E-state index in [1.165, 1.54) is 6.33 Å². The van der Waals surface area contributed by atoms with Gasteiger partial charge in [0, 0.05) is 13.1 Å². The van der Waals surface area contributed by atoms with E-state index in [2.05, 4.69) is 10.1 Å². The summed E-state index contributed by atoms with van der Waals surface area (Å²) in [7, 11) is 1.58. The Morgan fingerprint density at radius 1 is 1.67 bits per heavy atom. The summed E-state index contributed by atoms with van der Waals surface area (Å²) in [6, 6.07) is 0.280. The lowest BCUT2D eigenvalue weighted by atomic mass is 10.4. The van der Waals surface area contributed by atoms with E-state index in [9.17, 15) is 0 Å². The van der Waals surface area contributed by atoms with Crippen LogP contribution in [0.25, 0.3) is 0 Å². The van der Waals surface area contributed by atoms with Gasteiger partial charge >= 0.3 is 0 Å². The third kappa shape index (κ3) is 2.02. The fourth-order valence-corrected chi connectivity index (χ4v) is 1.02. The molecular weight excluding hydrogens is 156 g/mol. The average molecular weight is 170 g/mol. The van der Waals surface area contributed by atoms with Gasteiger partial charge in [0.25, 0.3) is 0 Å². The average Bonchev–Trinajstić information content (AvgIpc) is 2.33. The Labute approximate surface area is 71.6 Å². The normalized spacial score (nSPS) is 11.5. The summed E-state index contributed by atoms with van der Waals surface area (Å²) in [5.41, 5.74) is 0. The molecule has 0 radical (unpaired) electrons. The summed E-state index contributed by atoms with van der Waals surface area (Å²) in [4.78, 5) is 4.03. The lowest BCUT2D eigenvalue weighted by Gasteiger charge is -2.11. The van der Waals surface area contributed by atoms with Crippen LogP contribution in [0.1, 0.15) is 25.7 Å². The summed E-state index contributed by atoms with van der Waals surface area (Å²) in [6.45, 7) is 4.45. The van der Waals surface area contributed by atoms with Crippen LogP contribution in [-0.4, -0.2) is 32.1 Å². The van der Waals surface area contributed by atoms with Crippen LogP contribution >= 0.6 is 0 Å². The van der Waals surface area contributed by atoms with Gasteiger partial charge in [-0.15, -0.1) is 0 Å². The minimum absolute atomic E-state index is 0.280. The summed E-state index contributed by atoms with van der Waals surface area (Å²) in [6.07, 6.45) is 1.50. The topological polar surface area (TPSA) is 54.2 Å². The summed E-state index contributed by atoms with van der Waals surface area (Å²) in [5, 5.41) is 14.1. The molecule has 0 aliphatic heterocycles. The van der Waals surface area contributed by atoms with Gasteiger partial charge in [0.2, 0.25) is 0 Å². The maximum absolute atomic E-state index is 8.98. The Kier molecular flexibility index (Phi) is 2.78. The van der Waals surface area contributed by atoms with Crippen molar-refractivity contribution in [3.8, 4) is 0 Å². The molecule has 5 nitrogen and oxygen atoms in total. The number of nitrogens with zero attached hydrogens (tertiary/aromatic N) is 4. The molecule has 0 spiro atoms. The first-order chi connectivity index (χ1) is 5.61. The lowest BCUT2D eigenvalue weighted by Crippen LogP contribution is -2.17. The Morgan fingerprint density at radius 2 is 2.33 bits per heavy atom. The first-order valence-corrected chi connectivity index (χ1v) is 3.89. The largest absolute Gasteiger partial charge is 0.314 e. The SMILES string of the molecule is CC(C)n1ncnc1CN(C)O. The molecule has 12 heavy (non-hydrogen) atoms. The maximum Gasteiger partial charge on any atom is 0.143 e. The van der Waals surface area contributed by atoms with Crippen LogP contribution in [0.15, 0.2) is 6.33 Å². The van der Waals surface area contributed by atoms with Crippen molar-refractivity contribution >= 4 is 0 Å². The van der Waals surface area contributed by atoms with E-state index in [-0.39, 0.29) is 6.04 Å². The van der Waals surface area contributed by atoms with Gasteiger partial charge in [0.05, 0.1) is 6.54 Å². The van der Waals surface area contributed by atoms with Crippen molar-refractivity contribution in [3.05, 3.63) is 12.2 Å². The number of aromatic nitrogens is 3. The molecule has 1 aromatic heterocycles. The highest BCUT2D eigenvalue weighted by Gasteiger charge is 2.07. The van der Waals surface area contributed by atoms with Crippen molar-refractivity contribution < 1.29 is 5.21 Å². The summed E-state index contributed by atoms with van der Waals surface area (Å²) >= 11 is 0. The number of hydroxylamine groups is 2. The van der Waals surface area contributed by atoms with Crippen LogP contribution in [0.5, 0.6) is 0 Å². The molecule has 0 unspecified atom stereocenters. The Morgan fingerprint density at radius 3 is 2.83 bits per heavy atom. The van der Waals surface area contributed by atoms with Crippen molar-refractivity contribution in [2.24, 2.45) is 0 Å². The highest BCUT2D eigenvalue weighted by molar-refractivity contribution is 4.84. The molecule has 0 fully saturated rings. The Balaban J connectivity index is 2.77. The minimum Gasteiger partial charge on any atom is -0.314 e. The van der Waals surface area contributed by atoms with Gasteiger partial charge in [-0.1, -0.05) is 0 Å². The third-order valence-electron chi connectivity index (χ3n) is 1.51. The molecule has 1 aromatic rings. The third-order valence-corrected chi connectivity index (χ3v) is 1.51. The van der Waals surface area contributed by atoms with Gasteiger partial charge in [-0.3, -0.25) is 0 Å². The van der Waals surface area contributed by atoms with Crippen molar-refractivity contribution in [1.29, 1.82) is 0 Å².